The minimum Gasteiger partial charge on any atom is -0.390 e. The van der Waals surface area contributed by atoms with Crippen molar-refractivity contribution in [1.29, 1.82) is 0 Å². The molecule has 0 spiro atoms. The molecule has 78 valence electrons. The molecule has 0 bridgehead atoms. The summed E-state index contributed by atoms with van der Waals surface area (Å²) in [7, 11) is 0. The molecule has 1 rings (SSSR count). The van der Waals surface area contributed by atoms with Gasteiger partial charge in [-0.1, -0.05) is 13.8 Å². The lowest BCUT2D eigenvalue weighted by Gasteiger charge is -2.25. The van der Waals surface area contributed by atoms with Crippen LogP contribution in [0.3, 0.4) is 0 Å². The molecule has 0 aromatic rings. The van der Waals surface area contributed by atoms with Crippen LogP contribution in [-0.2, 0) is 0 Å². The average Bonchev–Trinajstić information content (AvgIpc) is 2.66. The first-order valence-electron chi connectivity index (χ1n) is 5.41. The highest BCUT2D eigenvalue weighted by Gasteiger charge is 2.23. The maximum atomic E-state index is 9.88. The zero-order chi connectivity index (χ0) is 9.68. The van der Waals surface area contributed by atoms with Crippen molar-refractivity contribution in [2.24, 2.45) is 0 Å². The highest BCUT2D eigenvalue weighted by molar-refractivity contribution is 4.82. The van der Waals surface area contributed by atoms with E-state index in [0.717, 1.165) is 32.6 Å². The number of nitrogens with one attached hydrogen (secondary N) is 1. The number of hydrogen-bond acceptors (Lipinski definition) is 3. The predicted octanol–water partition coefficient (Wildman–Crippen LogP) is 0.441. The molecule has 0 saturated carbocycles. The molecule has 1 aliphatic heterocycles. The van der Waals surface area contributed by atoms with Crippen molar-refractivity contribution in [3.63, 3.8) is 0 Å². The largest absolute Gasteiger partial charge is 0.390 e. The molecule has 0 aromatic carbocycles. The van der Waals surface area contributed by atoms with Crippen LogP contribution in [0, 0.1) is 0 Å². The van der Waals surface area contributed by atoms with Crippen molar-refractivity contribution >= 4 is 0 Å². The van der Waals surface area contributed by atoms with E-state index in [4.69, 9.17) is 0 Å². The summed E-state index contributed by atoms with van der Waals surface area (Å²) in [6, 6.07) is 0.334. The second-order valence-electron chi connectivity index (χ2n) is 3.76. The SMILES string of the molecule is CCN(CC)CC(O)C1CCCN1. The van der Waals surface area contributed by atoms with E-state index in [1.54, 1.807) is 0 Å². The fourth-order valence-corrected chi connectivity index (χ4v) is 1.91. The molecule has 1 fully saturated rings. The molecule has 3 heteroatoms. The van der Waals surface area contributed by atoms with Crippen molar-refractivity contribution < 1.29 is 5.11 Å². The number of rotatable bonds is 5. The maximum absolute atomic E-state index is 9.88. The van der Waals surface area contributed by atoms with Crippen LogP contribution < -0.4 is 5.32 Å². The Morgan fingerprint density at radius 1 is 1.46 bits per heavy atom. The fourth-order valence-electron chi connectivity index (χ4n) is 1.91. The smallest absolute Gasteiger partial charge is 0.0819 e. The molecule has 0 aromatic heterocycles. The van der Waals surface area contributed by atoms with Crippen LogP contribution >= 0.6 is 0 Å². The Kier molecular flexibility index (Phi) is 4.70. The zero-order valence-corrected chi connectivity index (χ0v) is 8.79. The van der Waals surface area contributed by atoms with E-state index in [1.165, 1.54) is 6.42 Å². The molecule has 13 heavy (non-hydrogen) atoms. The van der Waals surface area contributed by atoms with Gasteiger partial charge in [0.15, 0.2) is 0 Å². The van der Waals surface area contributed by atoms with Crippen LogP contribution in [-0.4, -0.2) is 48.3 Å². The van der Waals surface area contributed by atoms with E-state index < -0.39 is 0 Å². The van der Waals surface area contributed by atoms with Crippen LogP contribution in [0.5, 0.6) is 0 Å². The van der Waals surface area contributed by atoms with E-state index in [9.17, 15) is 5.11 Å². The first kappa shape index (κ1) is 11.0. The second-order valence-corrected chi connectivity index (χ2v) is 3.76. The summed E-state index contributed by atoms with van der Waals surface area (Å²) in [6.45, 7) is 8.21. The molecule has 2 unspecified atom stereocenters. The third-order valence-electron chi connectivity index (χ3n) is 2.90. The number of aliphatic hydroxyl groups is 1. The van der Waals surface area contributed by atoms with E-state index in [1.807, 2.05) is 0 Å². The van der Waals surface area contributed by atoms with Crippen LogP contribution in [0.4, 0.5) is 0 Å². The van der Waals surface area contributed by atoms with Crippen molar-refractivity contribution in [3.05, 3.63) is 0 Å². The van der Waals surface area contributed by atoms with Crippen molar-refractivity contribution in [3.8, 4) is 0 Å². The second kappa shape index (κ2) is 5.58. The molecule has 2 N–H and O–H groups in total. The van der Waals surface area contributed by atoms with Crippen molar-refractivity contribution in [1.82, 2.24) is 10.2 Å². The van der Waals surface area contributed by atoms with Gasteiger partial charge in [0.25, 0.3) is 0 Å². The molecule has 1 saturated heterocycles. The quantitative estimate of drug-likeness (QED) is 0.654. The molecule has 3 nitrogen and oxygen atoms in total. The van der Waals surface area contributed by atoms with Crippen LogP contribution in [0.15, 0.2) is 0 Å². The van der Waals surface area contributed by atoms with Crippen LogP contribution in [0.1, 0.15) is 26.7 Å². The molecular formula is C10H22N2O. The summed E-state index contributed by atoms with van der Waals surface area (Å²) < 4.78 is 0. The van der Waals surface area contributed by atoms with Gasteiger partial charge in [-0.3, -0.25) is 0 Å². The summed E-state index contributed by atoms with van der Waals surface area (Å²) in [6.07, 6.45) is 2.14. The van der Waals surface area contributed by atoms with Gasteiger partial charge in [0.2, 0.25) is 0 Å². The summed E-state index contributed by atoms with van der Waals surface area (Å²) in [4.78, 5) is 2.27. The van der Waals surface area contributed by atoms with Gasteiger partial charge in [-0.05, 0) is 32.5 Å². The van der Waals surface area contributed by atoms with Crippen LogP contribution in [0.2, 0.25) is 0 Å². The van der Waals surface area contributed by atoms with Crippen molar-refractivity contribution in [2.75, 3.05) is 26.2 Å². The molecule has 0 amide bonds. The van der Waals surface area contributed by atoms with Gasteiger partial charge < -0.3 is 15.3 Å². The minimum atomic E-state index is -0.192. The predicted molar refractivity (Wildman–Crippen MR) is 54.8 cm³/mol. The molecule has 0 aliphatic carbocycles. The Morgan fingerprint density at radius 3 is 2.62 bits per heavy atom. The lowest BCUT2D eigenvalue weighted by molar-refractivity contribution is 0.0894. The summed E-state index contributed by atoms with van der Waals surface area (Å²) in [5, 5.41) is 13.2. The van der Waals surface area contributed by atoms with E-state index in [-0.39, 0.29) is 6.10 Å². The van der Waals surface area contributed by atoms with Gasteiger partial charge in [-0.15, -0.1) is 0 Å². The average molecular weight is 186 g/mol. The fraction of sp³-hybridized carbons (Fsp3) is 1.00. The highest BCUT2D eigenvalue weighted by Crippen LogP contribution is 2.10. The van der Waals surface area contributed by atoms with Gasteiger partial charge in [-0.2, -0.15) is 0 Å². The summed E-state index contributed by atoms with van der Waals surface area (Å²) in [5.41, 5.74) is 0. The maximum Gasteiger partial charge on any atom is 0.0819 e. The number of likely N-dealkylation sites (N-methyl/N-ethyl adjacent to an activating group) is 1. The minimum absolute atomic E-state index is 0.192. The van der Waals surface area contributed by atoms with Gasteiger partial charge in [0.05, 0.1) is 6.10 Å². The molecule has 2 atom stereocenters. The highest BCUT2D eigenvalue weighted by atomic mass is 16.3. The third kappa shape index (κ3) is 3.25. The Morgan fingerprint density at radius 2 is 2.15 bits per heavy atom. The van der Waals surface area contributed by atoms with Gasteiger partial charge in [0, 0.05) is 12.6 Å². The number of aliphatic hydroxyl groups excluding tert-OH is 1. The van der Waals surface area contributed by atoms with E-state index in [2.05, 4.69) is 24.1 Å². The number of nitrogens with zero attached hydrogens (tertiary/aromatic N) is 1. The Labute approximate surface area is 81.1 Å². The number of hydrogen-bond donors (Lipinski definition) is 2. The van der Waals surface area contributed by atoms with Crippen LogP contribution in [0.25, 0.3) is 0 Å². The molecule has 0 radical (unpaired) electrons. The third-order valence-corrected chi connectivity index (χ3v) is 2.90. The van der Waals surface area contributed by atoms with Gasteiger partial charge in [-0.25, -0.2) is 0 Å². The zero-order valence-electron chi connectivity index (χ0n) is 8.79. The molecular weight excluding hydrogens is 164 g/mol. The first-order valence-corrected chi connectivity index (χ1v) is 5.41. The lowest BCUT2D eigenvalue weighted by atomic mass is 10.1. The lowest BCUT2D eigenvalue weighted by Crippen LogP contribution is -2.43. The topological polar surface area (TPSA) is 35.5 Å². The standard InChI is InChI=1S/C10H22N2O/c1-3-12(4-2)8-10(13)9-6-5-7-11-9/h9-11,13H,3-8H2,1-2H3. The Bertz CT molecular complexity index is 131. The Balaban J connectivity index is 2.25. The monoisotopic (exact) mass is 186 g/mol. The summed E-state index contributed by atoms with van der Waals surface area (Å²) in [5.74, 6) is 0. The van der Waals surface area contributed by atoms with Gasteiger partial charge >= 0.3 is 0 Å². The molecule has 1 aliphatic rings. The van der Waals surface area contributed by atoms with Crippen molar-refractivity contribution in [2.45, 2.75) is 38.8 Å². The Hall–Kier alpha value is -0.120. The summed E-state index contributed by atoms with van der Waals surface area (Å²) >= 11 is 0. The van der Waals surface area contributed by atoms with E-state index >= 15 is 0 Å². The normalized spacial score (nSPS) is 25.4. The van der Waals surface area contributed by atoms with E-state index in [0.29, 0.717) is 6.04 Å². The molecule has 1 heterocycles. The van der Waals surface area contributed by atoms with Gasteiger partial charge in [0.1, 0.15) is 0 Å². The first-order chi connectivity index (χ1) is 6.27.